The van der Waals surface area contributed by atoms with Gasteiger partial charge in [0.25, 0.3) is 0 Å². The molecular formula is C21H16N2O. The second kappa shape index (κ2) is 5.53. The minimum absolute atomic E-state index is 0.0696. The highest BCUT2D eigenvalue weighted by atomic mass is 16.1. The number of hydrogen-bond donors (Lipinski definition) is 0. The van der Waals surface area contributed by atoms with Crippen molar-refractivity contribution in [3.63, 3.8) is 0 Å². The lowest BCUT2D eigenvalue weighted by Crippen LogP contribution is -2.05. The summed E-state index contributed by atoms with van der Waals surface area (Å²) in [6, 6.07) is 17.0. The summed E-state index contributed by atoms with van der Waals surface area (Å²) in [5.74, 6) is -0.0696. The van der Waals surface area contributed by atoms with E-state index in [0.717, 1.165) is 21.8 Å². The first kappa shape index (κ1) is 14.5. The lowest BCUT2D eigenvalue weighted by atomic mass is 9.98. The fraction of sp³-hybridized carbons (Fsp3) is 0.0952. The Bertz CT molecular complexity index is 1090. The average molecular weight is 312 g/mol. The van der Waals surface area contributed by atoms with Gasteiger partial charge in [0.2, 0.25) is 5.78 Å². The molecule has 0 saturated heterocycles. The molecule has 4 aromatic rings. The number of rotatable bonds is 2. The van der Waals surface area contributed by atoms with Crippen molar-refractivity contribution in [2.45, 2.75) is 13.8 Å². The number of ketones is 1. The topological polar surface area (TPSA) is 42.9 Å². The molecule has 0 fully saturated rings. The predicted molar refractivity (Wildman–Crippen MR) is 96.4 cm³/mol. The maximum Gasteiger partial charge on any atom is 0.211 e. The van der Waals surface area contributed by atoms with Crippen LogP contribution in [0, 0.1) is 13.8 Å². The zero-order valence-corrected chi connectivity index (χ0v) is 13.6. The Balaban J connectivity index is 2.00. The summed E-state index contributed by atoms with van der Waals surface area (Å²) in [7, 11) is 0. The third-order valence-electron chi connectivity index (χ3n) is 4.57. The first-order valence-electron chi connectivity index (χ1n) is 7.91. The Hall–Kier alpha value is -3.07. The van der Waals surface area contributed by atoms with E-state index in [-0.39, 0.29) is 5.78 Å². The zero-order valence-electron chi connectivity index (χ0n) is 13.6. The molecule has 2 aromatic carbocycles. The molecule has 0 atom stereocenters. The van der Waals surface area contributed by atoms with Gasteiger partial charge in [0.15, 0.2) is 0 Å². The Kier molecular flexibility index (Phi) is 3.35. The number of aromatic nitrogens is 2. The van der Waals surface area contributed by atoms with Crippen LogP contribution in [-0.2, 0) is 0 Å². The third-order valence-corrected chi connectivity index (χ3v) is 4.57. The number of nitrogens with zero attached hydrogens (tertiary/aromatic N) is 2. The highest BCUT2D eigenvalue weighted by Gasteiger charge is 2.15. The van der Waals surface area contributed by atoms with Crippen LogP contribution in [0.15, 0.2) is 60.8 Å². The Morgan fingerprint density at radius 3 is 2.25 bits per heavy atom. The largest absolute Gasteiger partial charge is 0.287 e. The van der Waals surface area contributed by atoms with Gasteiger partial charge >= 0.3 is 0 Å². The molecule has 2 aromatic heterocycles. The molecule has 4 rings (SSSR count). The van der Waals surface area contributed by atoms with E-state index in [1.807, 2.05) is 42.5 Å². The number of carbonyl (C=O) groups excluding carboxylic acids is 1. The van der Waals surface area contributed by atoms with E-state index in [4.69, 9.17) is 0 Å². The summed E-state index contributed by atoms with van der Waals surface area (Å²) in [5, 5.41) is 2.13. The minimum Gasteiger partial charge on any atom is -0.287 e. The van der Waals surface area contributed by atoms with Gasteiger partial charge in [0, 0.05) is 22.5 Å². The molecular weight excluding hydrogens is 296 g/mol. The summed E-state index contributed by atoms with van der Waals surface area (Å²) in [6.07, 6.45) is 1.77. The molecule has 0 amide bonds. The van der Waals surface area contributed by atoms with Crippen LogP contribution in [-0.4, -0.2) is 15.8 Å². The van der Waals surface area contributed by atoms with Crippen molar-refractivity contribution in [1.82, 2.24) is 9.97 Å². The van der Waals surface area contributed by atoms with Crippen LogP contribution in [0.4, 0.5) is 0 Å². The summed E-state index contributed by atoms with van der Waals surface area (Å²) in [5.41, 5.74) is 5.11. The average Bonchev–Trinajstić information content (AvgIpc) is 2.66. The van der Waals surface area contributed by atoms with E-state index < -0.39 is 0 Å². The predicted octanol–water partition coefficient (Wildman–Crippen LogP) is 4.63. The molecule has 3 nitrogen and oxygen atoms in total. The Morgan fingerprint density at radius 2 is 1.50 bits per heavy atom. The Morgan fingerprint density at radius 1 is 0.792 bits per heavy atom. The van der Waals surface area contributed by atoms with Crippen molar-refractivity contribution < 1.29 is 4.79 Å². The highest BCUT2D eigenvalue weighted by molar-refractivity contribution is 6.11. The van der Waals surface area contributed by atoms with Gasteiger partial charge in [-0.3, -0.25) is 9.78 Å². The number of aryl methyl sites for hydroxylation is 2. The quantitative estimate of drug-likeness (QED) is 0.400. The first-order valence-corrected chi connectivity index (χ1v) is 7.91. The molecule has 0 N–H and O–H groups in total. The van der Waals surface area contributed by atoms with Crippen molar-refractivity contribution >= 4 is 27.6 Å². The Labute approximate surface area is 140 Å². The molecule has 3 heteroatoms. The second-order valence-electron chi connectivity index (χ2n) is 5.94. The lowest BCUT2D eigenvalue weighted by molar-refractivity contribution is 0.103. The number of carbonyl (C=O) groups is 1. The molecule has 24 heavy (non-hydrogen) atoms. The van der Waals surface area contributed by atoms with E-state index in [2.05, 4.69) is 29.9 Å². The lowest BCUT2D eigenvalue weighted by Gasteiger charge is -2.11. The summed E-state index contributed by atoms with van der Waals surface area (Å²) in [4.78, 5) is 21.9. The van der Waals surface area contributed by atoms with Crippen LogP contribution in [0.3, 0.4) is 0 Å². The van der Waals surface area contributed by atoms with Crippen LogP contribution < -0.4 is 0 Å². The smallest absolute Gasteiger partial charge is 0.211 e. The van der Waals surface area contributed by atoms with E-state index in [1.54, 1.807) is 12.3 Å². The monoisotopic (exact) mass is 312 g/mol. The maximum absolute atomic E-state index is 12.7. The van der Waals surface area contributed by atoms with Gasteiger partial charge in [-0.2, -0.15) is 0 Å². The van der Waals surface area contributed by atoms with Crippen LogP contribution in [0.1, 0.15) is 27.2 Å². The number of fused-ring (bicyclic) bond motifs is 3. The van der Waals surface area contributed by atoms with E-state index >= 15 is 0 Å². The van der Waals surface area contributed by atoms with Crippen LogP contribution in [0.25, 0.3) is 21.8 Å². The fourth-order valence-corrected chi connectivity index (χ4v) is 3.11. The summed E-state index contributed by atoms with van der Waals surface area (Å²) < 4.78 is 0. The molecule has 0 unspecified atom stereocenters. The zero-order chi connectivity index (χ0) is 16.7. The number of pyridine rings is 2. The first-order chi connectivity index (χ1) is 11.7. The fourth-order valence-electron chi connectivity index (χ4n) is 3.11. The molecule has 2 heterocycles. The summed E-state index contributed by atoms with van der Waals surface area (Å²) in [6.45, 7) is 4.19. The van der Waals surface area contributed by atoms with Crippen molar-refractivity contribution in [3.05, 3.63) is 83.2 Å². The van der Waals surface area contributed by atoms with Gasteiger partial charge < -0.3 is 0 Å². The van der Waals surface area contributed by atoms with Crippen molar-refractivity contribution in [2.75, 3.05) is 0 Å². The van der Waals surface area contributed by atoms with Gasteiger partial charge in [-0.15, -0.1) is 0 Å². The van der Waals surface area contributed by atoms with Gasteiger partial charge in [0.1, 0.15) is 5.69 Å². The van der Waals surface area contributed by atoms with Gasteiger partial charge in [-0.05, 0) is 37.1 Å². The highest BCUT2D eigenvalue weighted by Crippen LogP contribution is 2.30. The molecule has 0 bridgehead atoms. The molecule has 0 aliphatic carbocycles. The standard InChI is InChI=1S/C21H16N2O/c1-13-14(2)17-10-11-18(21(24)15-7-4-3-5-8-15)23-20(17)19-16(13)9-6-12-22-19/h3-12H,1-2H3. The van der Waals surface area contributed by atoms with Gasteiger partial charge in [-0.1, -0.05) is 42.5 Å². The van der Waals surface area contributed by atoms with E-state index in [1.165, 1.54) is 11.1 Å². The molecule has 0 aliphatic rings. The SMILES string of the molecule is Cc1c(C)c2ccc(C(=O)c3ccccc3)nc2c2ncccc12. The van der Waals surface area contributed by atoms with E-state index in [0.29, 0.717) is 11.3 Å². The van der Waals surface area contributed by atoms with Crippen molar-refractivity contribution in [3.8, 4) is 0 Å². The van der Waals surface area contributed by atoms with Crippen LogP contribution in [0.2, 0.25) is 0 Å². The molecule has 0 spiro atoms. The molecule has 0 radical (unpaired) electrons. The molecule has 0 aliphatic heterocycles. The minimum atomic E-state index is -0.0696. The normalized spacial score (nSPS) is 11.1. The molecule has 116 valence electrons. The number of hydrogen-bond acceptors (Lipinski definition) is 3. The van der Waals surface area contributed by atoms with Gasteiger partial charge in [-0.25, -0.2) is 4.98 Å². The third kappa shape index (κ3) is 2.17. The van der Waals surface area contributed by atoms with Crippen LogP contribution >= 0.6 is 0 Å². The molecule has 0 saturated carbocycles. The van der Waals surface area contributed by atoms with Crippen molar-refractivity contribution in [1.29, 1.82) is 0 Å². The van der Waals surface area contributed by atoms with E-state index in [9.17, 15) is 4.79 Å². The summed E-state index contributed by atoms with van der Waals surface area (Å²) >= 11 is 0. The van der Waals surface area contributed by atoms with Gasteiger partial charge in [0.05, 0.1) is 11.0 Å². The maximum atomic E-state index is 12.7. The van der Waals surface area contributed by atoms with Crippen molar-refractivity contribution in [2.24, 2.45) is 0 Å². The second-order valence-corrected chi connectivity index (χ2v) is 5.94. The number of benzene rings is 2. The van der Waals surface area contributed by atoms with Crippen LogP contribution in [0.5, 0.6) is 0 Å².